The molecule has 6 N–H and O–H groups in total. The van der Waals surface area contributed by atoms with E-state index >= 15 is 0 Å². The average molecular weight is 442 g/mol. The summed E-state index contributed by atoms with van der Waals surface area (Å²) in [5.74, 6) is -0.348. The van der Waals surface area contributed by atoms with Crippen LogP contribution >= 0.6 is 0 Å². The van der Waals surface area contributed by atoms with Crippen molar-refractivity contribution in [2.45, 2.75) is 26.4 Å². The van der Waals surface area contributed by atoms with E-state index in [9.17, 15) is 9.90 Å². The van der Waals surface area contributed by atoms with Crippen molar-refractivity contribution in [2.75, 3.05) is 5.32 Å². The molecule has 7 nitrogen and oxygen atoms in total. The first-order chi connectivity index (χ1) is 16.0. The van der Waals surface area contributed by atoms with Gasteiger partial charge in [-0.25, -0.2) is 9.48 Å². The van der Waals surface area contributed by atoms with Gasteiger partial charge in [-0.2, -0.15) is 5.10 Å². The number of hydrogen-bond acceptors (Lipinski definition) is 5. The number of aryl methyl sites for hydroxylation is 1. The summed E-state index contributed by atoms with van der Waals surface area (Å²) in [7, 11) is 0. The molecule has 0 aliphatic rings. The lowest BCUT2D eigenvalue weighted by molar-refractivity contribution is 0.0698. The average Bonchev–Trinajstić information content (AvgIpc) is 3.27. The van der Waals surface area contributed by atoms with Crippen molar-refractivity contribution >= 4 is 17.5 Å². The Balaban J connectivity index is 1.84. The van der Waals surface area contributed by atoms with Crippen LogP contribution < -0.4 is 16.8 Å². The maximum Gasteiger partial charge on any atom is 0.337 e. The minimum Gasteiger partial charge on any atom is -0.478 e. The summed E-state index contributed by atoms with van der Waals surface area (Å²) >= 11 is 0. The Morgan fingerprint density at radius 1 is 0.970 bits per heavy atom. The van der Waals surface area contributed by atoms with Crippen molar-refractivity contribution in [2.24, 2.45) is 11.5 Å². The van der Waals surface area contributed by atoms with Gasteiger partial charge < -0.3 is 21.9 Å². The molecule has 4 rings (SSSR count). The Bertz CT molecular complexity index is 1280. The summed E-state index contributed by atoms with van der Waals surface area (Å²) in [6, 6.07) is 23.0. The molecule has 0 unspecified atom stereocenters. The second-order valence-electron chi connectivity index (χ2n) is 7.72. The highest BCUT2D eigenvalue weighted by Crippen LogP contribution is 2.30. The van der Waals surface area contributed by atoms with Gasteiger partial charge in [-0.3, -0.25) is 0 Å². The highest BCUT2D eigenvalue weighted by Gasteiger charge is 2.17. The molecule has 3 aromatic carbocycles. The van der Waals surface area contributed by atoms with Crippen LogP contribution in [0, 0.1) is 0 Å². The van der Waals surface area contributed by atoms with E-state index in [4.69, 9.17) is 16.6 Å². The summed E-state index contributed by atoms with van der Waals surface area (Å²) in [6.07, 6.45) is 0.755. The molecule has 168 valence electrons. The van der Waals surface area contributed by atoms with Crippen LogP contribution in [-0.2, 0) is 19.5 Å². The standard InChI is InChI=1S/C26H27N5O2/c1-2-17-9-12-22(21(13-17)26(32)33)29-25-14-23(19-10-7-18(15-27)8-11-19)30-31(25)24-6-4-3-5-20(24)16-28/h3-14,29H,2,15-16,27-28H2,1H3,(H,32,33). The fourth-order valence-electron chi connectivity index (χ4n) is 3.73. The molecule has 0 spiro atoms. The van der Waals surface area contributed by atoms with Crippen molar-refractivity contribution in [3.8, 4) is 16.9 Å². The number of rotatable bonds is 8. The third kappa shape index (κ3) is 4.64. The summed E-state index contributed by atoms with van der Waals surface area (Å²) in [6.45, 7) is 2.81. The van der Waals surface area contributed by atoms with Crippen LogP contribution in [0.15, 0.2) is 72.8 Å². The third-order valence-corrected chi connectivity index (χ3v) is 5.62. The van der Waals surface area contributed by atoms with E-state index in [1.54, 1.807) is 16.8 Å². The Hall–Kier alpha value is -3.94. The first kappa shape index (κ1) is 22.3. The van der Waals surface area contributed by atoms with Crippen molar-refractivity contribution < 1.29 is 9.90 Å². The van der Waals surface area contributed by atoms with Crippen LogP contribution in [0.1, 0.15) is 34.0 Å². The predicted molar refractivity (Wildman–Crippen MR) is 131 cm³/mol. The molecule has 0 radical (unpaired) electrons. The van der Waals surface area contributed by atoms with E-state index in [-0.39, 0.29) is 5.56 Å². The maximum atomic E-state index is 11.9. The van der Waals surface area contributed by atoms with E-state index in [0.717, 1.165) is 40.1 Å². The van der Waals surface area contributed by atoms with Crippen molar-refractivity contribution in [3.63, 3.8) is 0 Å². The first-order valence-corrected chi connectivity index (χ1v) is 10.8. The Morgan fingerprint density at radius 2 is 1.70 bits per heavy atom. The minimum atomic E-state index is -0.987. The number of nitrogens with zero attached hydrogens (tertiary/aromatic N) is 2. The zero-order valence-corrected chi connectivity index (χ0v) is 18.5. The minimum absolute atomic E-state index is 0.211. The fraction of sp³-hybridized carbons (Fsp3) is 0.154. The summed E-state index contributed by atoms with van der Waals surface area (Å²) in [5, 5.41) is 17.9. The SMILES string of the molecule is CCc1ccc(Nc2cc(-c3ccc(CN)cc3)nn2-c2ccccc2CN)c(C(=O)O)c1. The molecule has 0 saturated carbocycles. The molecule has 0 atom stereocenters. The van der Waals surface area contributed by atoms with Gasteiger partial charge in [0.2, 0.25) is 0 Å². The zero-order valence-electron chi connectivity index (χ0n) is 18.5. The van der Waals surface area contributed by atoms with E-state index in [0.29, 0.717) is 24.6 Å². The second-order valence-corrected chi connectivity index (χ2v) is 7.72. The lowest BCUT2D eigenvalue weighted by atomic mass is 10.1. The molecule has 33 heavy (non-hydrogen) atoms. The molecule has 1 heterocycles. The molecule has 7 heteroatoms. The van der Waals surface area contributed by atoms with E-state index in [1.165, 1.54) is 0 Å². The topological polar surface area (TPSA) is 119 Å². The molecule has 0 bridgehead atoms. The smallest absolute Gasteiger partial charge is 0.337 e. The Labute approximate surface area is 192 Å². The Kier molecular flexibility index (Phi) is 6.53. The number of aromatic carboxylic acids is 1. The van der Waals surface area contributed by atoms with E-state index in [2.05, 4.69) is 5.32 Å². The van der Waals surface area contributed by atoms with Gasteiger partial charge >= 0.3 is 5.97 Å². The van der Waals surface area contributed by atoms with Gasteiger partial charge in [0.1, 0.15) is 5.82 Å². The monoisotopic (exact) mass is 441 g/mol. The van der Waals surface area contributed by atoms with Crippen molar-refractivity contribution in [3.05, 3.63) is 95.1 Å². The molecule has 0 fully saturated rings. The second kappa shape index (κ2) is 9.68. The highest BCUT2D eigenvalue weighted by molar-refractivity contribution is 5.95. The lowest BCUT2D eigenvalue weighted by Gasteiger charge is -2.14. The molecule has 4 aromatic rings. The van der Waals surface area contributed by atoms with Gasteiger partial charge in [0.25, 0.3) is 0 Å². The first-order valence-electron chi connectivity index (χ1n) is 10.8. The normalized spacial score (nSPS) is 10.9. The number of nitrogens with two attached hydrogens (primary N) is 2. The number of benzene rings is 3. The van der Waals surface area contributed by atoms with Gasteiger partial charge in [-0.15, -0.1) is 0 Å². The summed E-state index contributed by atoms with van der Waals surface area (Å²) in [5.41, 5.74) is 17.8. The van der Waals surface area contributed by atoms with Crippen LogP contribution in [0.25, 0.3) is 16.9 Å². The van der Waals surface area contributed by atoms with Crippen LogP contribution in [0.3, 0.4) is 0 Å². The van der Waals surface area contributed by atoms with Crippen LogP contribution in [0.2, 0.25) is 0 Å². The summed E-state index contributed by atoms with van der Waals surface area (Å²) < 4.78 is 1.77. The number of hydrogen-bond donors (Lipinski definition) is 4. The Morgan fingerprint density at radius 3 is 2.36 bits per heavy atom. The number of carboxylic acid groups (broad SMARTS) is 1. The summed E-state index contributed by atoms with van der Waals surface area (Å²) in [4.78, 5) is 11.9. The quantitative estimate of drug-likeness (QED) is 0.320. The number of carbonyl (C=O) groups is 1. The predicted octanol–water partition coefficient (Wildman–Crippen LogP) is 4.46. The number of carboxylic acids is 1. The molecule has 0 saturated heterocycles. The maximum absolute atomic E-state index is 11.9. The lowest BCUT2D eigenvalue weighted by Crippen LogP contribution is -2.10. The van der Waals surface area contributed by atoms with Crippen LogP contribution in [-0.4, -0.2) is 20.9 Å². The largest absolute Gasteiger partial charge is 0.478 e. The molecule has 0 aliphatic carbocycles. The molecule has 1 aromatic heterocycles. The number of para-hydroxylation sites is 1. The van der Waals surface area contributed by atoms with Crippen LogP contribution in [0.5, 0.6) is 0 Å². The molecular weight excluding hydrogens is 414 g/mol. The molecule has 0 amide bonds. The van der Waals surface area contributed by atoms with Gasteiger partial charge in [0, 0.05) is 24.7 Å². The van der Waals surface area contributed by atoms with Gasteiger partial charge in [0.05, 0.1) is 22.6 Å². The third-order valence-electron chi connectivity index (χ3n) is 5.62. The van der Waals surface area contributed by atoms with Gasteiger partial charge in [0.15, 0.2) is 0 Å². The fourth-order valence-corrected chi connectivity index (χ4v) is 3.73. The van der Waals surface area contributed by atoms with Gasteiger partial charge in [-0.1, -0.05) is 55.5 Å². The van der Waals surface area contributed by atoms with Gasteiger partial charge in [-0.05, 0) is 41.3 Å². The zero-order chi connectivity index (χ0) is 23.4. The molecular formula is C26H27N5O2. The van der Waals surface area contributed by atoms with E-state index in [1.807, 2.05) is 67.6 Å². The van der Waals surface area contributed by atoms with Crippen molar-refractivity contribution in [1.82, 2.24) is 9.78 Å². The van der Waals surface area contributed by atoms with Crippen molar-refractivity contribution in [1.29, 1.82) is 0 Å². The molecule has 0 aliphatic heterocycles. The van der Waals surface area contributed by atoms with Crippen LogP contribution in [0.4, 0.5) is 11.5 Å². The van der Waals surface area contributed by atoms with E-state index < -0.39 is 5.97 Å². The number of anilines is 2. The number of aromatic nitrogens is 2. The highest BCUT2D eigenvalue weighted by atomic mass is 16.4. The number of nitrogens with one attached hydrogen (secondary N) is 1.